The summed E-state index contributed by atoms with van der Waals surface area (Å²) in [7, 11) is 0. The van der Waals surface area contributed by atoms with Gasteiger partial charge in [-0.15, -0.1) is 0 Å². The molecule has 18 heavy (non-hydrogen) atoms. The van der Waals surface area contributed by atoms with Crippen LogP contribution in [0.2, 0.25) is 0 Å². The number of rotatable bonds is 3. The summed E-state index contributed by atoms with van der Waals surface area (Å²) in [5.74, 6) is 1.04. The lowest BCUT2D eigenvalue weighted by atomic mass is 9.97. The average molecular weight is 245 g/mol. The molecule has 3 rings (SSSR count). The second-order valence-electron chi connectivity index (χ2n) is 5.60. The monoisotopic (exact) mass is 245 g/mol. The van der Waals surface area contributed by atoms with Crippen molar-refractivity contribution in [3.05, 3.63) is 29.8 Å². The summed E-state index contributed by atoms with van der Waals surface area (Å²) in [4.78, 5) is 0. The van der Waals surface area contributed by atoms with E-state index in [1.165, 1.54) is 50.5 Å². The molecule has 0 radical (unpaired) electrons. The molecule has 1 N–H and O–H groups in total. The molecular weight excluding hydrogens is 222 g/mol. The molecule has 0 bridgehead atoms. The number of benzene rings is 1. The summed E-state index contributed by atoms with van der Waals surface area (Å²) in [5, 5.41) is 3.59. The van der Waals surface area contributed by atoms with Gasteiger partial charge in [-0.05, 0) is 62.8 Å². The fourth-order valence-corrected chi connectivity index (χ4v) is 3.11. The van der Waals surface area contributed by atoms with Crippen LogP contribution in [-0.4, -0.2) is 12.6 Å². The lowest BCUT2D eigenvalue weighted by molar-refractivity contribution is 0.210. The van der Waals surface area contributed by atoms with Crippen LogP contribution in [0.5, 0.6) is 5.75 Å². The van der Waals surface area contributed by atoms with E-state index in [2.05, 4.69) is 29.6 Å². The van der Waals surface area contributed by atoms with Crippen molar-refractivity contribution in [1.29, 1.82) is 0 Å². The molecule has 1 aliphatic carbocycles. The Bertz CT molecular complexity index is 361. The number of ether oxygens (including phenoxy) is 1. The third-order valence-electron chi connectivity index (χ3n) is 4.20. The first-order valence-electron chi connectivity index (χ1n) is 7.42. The second-order valence-corrected chi connectivity index (χ2v) is 5.60. The first-order chi connectivity index (χ1) is 8.92. The van der Waals surface area contributed by atoms with Gasteiger partial charge in [0.15, 0.2) is 0 Å². The molecule has 1 aromatic rings. The highest BCUT2D eigenvalue weighted by molar-refractivity contribution is 5.29. The van der Waals surface area contributed by atoms with Gasteiger partial charge in [-0.2, -0.15) is 0 Å². The van der Waals surface area contributed by atoms with Crippen molar-refractivity contribution in [2.45, 2.75) is 57.1 Å². The number of nitrogens with one attached hydrogen (secondary N) is 1. The molecule has 2 fully saturated rings. The first-order valence-corrected chi connectivity index (χ1v) is 7.42. The van der Waals surface area contributed by atoms with E-state index in [9.17, 15) is 0 Å². The third kappa shape index (κ3) is 2.86. The zero-order chi connectivity index (χ0) is 12.2. The molecule has 1 unspecified atom stereocenters. The lowest BCUT2D eigenvalue weighted by Crippen LogP contribution is -2.26. The maximum absolute atomic E-state index is 6.00. The van der Waals surface area contributed by atoms with E-state index in [1.54, 1.807) is 0 Å². The molecule has 0 amide bonds. The van der Waals surface area contributed by atoms with E-state index >= 15 is 0 Å². The standard InChI is InChI=1S/C16H23NO/c1-2-6-14(5-1)18-15-10-8-13(9-11-15)16-7-3-4-12-17-16/h8-11,14,16-17H,1-7,12H2. The molecule has 1 aliphatic heterocycles. The molecule has 2 heteroatoms. The Labute approximate surface area is 110 Å². The fraction of sp³-hybridized carbons (Fsp3) is 0.625. The van der Waals surface area contributed by atoms with E-state index in [0.717, 1.165) is 12.3 Å². The predicted molar refractivity (Wildman–Crippen MR) is 73.9 cm³/mol. The van der Waals surface area contributed by atoms with Crippen LogP contribution in [0.3, 0.4) is 0 Å². The SMILES string of the molecule is c1cc(C2CCCCN2)ccc1OC1CCCC1. The first kappa shape index (κ1) is 12.0. The van der Waals surface area contributed by atoms with Gasteiger partial charge in [-0.1, -0.05) is 18.6 Å². The summed E-state index contributed by atoms with van der Waals surface area (Å²) >= 11 is 0. The van der Waals surface area contributed by atoms with Crippen LogP contribution in [0.1, 0.15) is 56.6 Å². The van der Waals surface area contributed by atoms with Gasteiger partial charge in [0.2, 0.25) is 0 Å². The molecule has 1 aromatic carbocycles. The van der Waals surface area contributed by atoms with Crippen molar-refractivity contribution in [1.82, 2.24) is 5.32 Å². The van der Waals surface area contributed by atoms with Crippen molar-refractivity contribution in [3.63, 3.8) is 0 Å². The molecule has 1 heterocycles. The van der Waals surface area contributed by atoms with E-state index in [-0.39, 0.29) is 0 Å². The van der Waals surface area contributed by atoms with Crippen LogP contribution in [0.4, 0.5) is 0 Å². The van der Waals surface area contributed by atoms with Crippen LogP contribution in [0.25, 0.3) is 0 Å². The van der Waals surface area contributed by atoms with Crippen LogP contribution in [-0.2, 0) is 0 Å². The summed E-state index contributed by atoms with van der Waals surface area (Å²) in [5.41, 5.74) is 1.41. The molecule has 2 aliphatic rings. The van der Waals surface area contributed by atoms with Crippen molar-refractivity contribution < 1.29 is 4.74 Å². The minimum atomic E-state index is 0.462. The fourth-order valence-electron chi connectivity index (χ4n) is 3.11. The molecule has 1 atom stereocenters. The van der Waals surface area contributed by atoms with Crippen molar-refractivity contribution in [2.24, 2.45) is 0 Å². The summed E-state index contributed by atoms with van der Waals surface area (Å²) < 4.78 is 6.00. The molecule has 0 spiro atoms. The van der Waals surface area contributed by atoms with Gasteiger partial charge in [-0.3, -0.25) is 0 Å². The van der Waals surface area contributed by atoms with E-state index < -0.39 is 0 Å². The summed E-state index contributed by atoms with van der Waals surface area (Å²) in [6.45, 7) is 1.16. The molecule has 1 saturated heterocycles. The van der Waals surface area contributed by atoms with Crippen molar-refractivity contribution in [3.8, 4) is 5.75 Å². The van der Waals surface area contributed by atoms with Crippen LogP contribution >= 0.6 is 0 Å². The van der Waals surface area contributed by atoms with Gasteiger partial charge in [0.05, 0.1) is 6.10 Å². The molecule has 98 valence electrons. The summed E-state index contributed by atoms with van der Waals surface area (Å²) in [6, 6.07) is 9.30. The Morgan fingerprint density at radius 2 is 1.61 bits per heavy atom. The number of hydrogen-bond acceptors (Lipinski definition) is 2. The Hall–Kier alpha value is -1.02. The van der Waals surface area contributed by atoms with E-state index in [1.807, 2.05) is 0 Å². The average Bonchev–Trinajstić information content (AvgIpc) is 2.94. The van der Waals surface area contributed by atoms with Gasteiger partial charge in [0, 0.05) is 6.04 Å². The van der Waals surface area contributed by atoms with Gasteiger partial charge in [0.25, 0.3) is 0 Å². The maximum atomic E-state index is 6.00. The molecule has 1 saturated carbocycles. The van der Waals surface area contributed by atoms with Gasteiger partial charge in [-0.25, -0.2) is 0 Å². The number of hydrogen-bond donors (Lipinski definition) is 1. The summed E-state index contributed by atoms with van der Waals surface area (Å²) in [6.07, 6.45) is 9.50. The highest BCUT2D eigenvalue weighted by Crippen LogP contribution is 2.27. The zero-order valence-electron chi connectivity index (χ0n) is 11.0. The van der Waals surface area contributed by atoms with Crippen molar-refractivity contribution >= 4 is 0 Å². The Morgan fingerprint density at radius 1 is 0.889 bits per heavy atom. The van der Waals surface area contributed by atoms with Crippen LogP contribution in [0.15, 0.2) is 24.3 Å². The Balaban J connectivity index is 1.60. The largest absolute Gasteiger partial charge is 0.490 e. The lowest BCUT2D eigenvalue weighted by Gasteiger charge is -2.24. The van der Waals surface area contributed by atoms with Crippen LogP contribution < -0.4 is 10.1 Å². The second kappa shape index (κ2) is 5.75. The molecule has 2 nitrogen and oxygen atoms in total. The predicted octanol–water partition coefficient (Wildman–Crippen LogP) is 3.82. The highest BCUT2D eigenvalue weighted by atomic mass is 16.5. The third-order valence-corrected chi connectivity index (χ3v) is 4.20. The Morgan fingerprint density at radius 3 is 2.28 bits per heavy atom. The topological polar surface area (TPSA) is 21.3 Å². The van der Waals surface area contributed by atoms with Crippen molar-refractivity contribution in [2.75, 3.05) is 6.54 Å². The molecule has 0 aromatic heterocycles. The van der Waals surface area contributed by atoms with E-state index in [4.69, 9.17) is 4.74 Å². The van der Waals surface area contributed by atoms with E-state index in [0.29, 0.717) is 12.1 Å². The normalized spacial score (nSPS) is 25.2. The maximum Gasteiger partial charge on any atom is 0.119 e. The van der Waals surface area contributed by atoms with Gasteiger partial charge < -0.3 is 10.1 Å². The zero-order valence-corrected chi connectivity index (χ0v) is 11.0. The molecular formula is C16H23NO. The smallest absolute Gasteiger partial charge is 0.119 e. The Kier molecular flexibility index (Phi) is 3.84. The quantitative estimate of drug-likeness (QED) is 0.874. The number of piperidine rings is 1. The van der Waals surface area contributed by atoms with Gasteiger partial charge in [0.1, 0.15) is 5.75 Å². The highest BCUT2D eigenvalue weighted by Gasteiger charge is 2.17. The minimum Gasteiger partial charge on any atom is -0.490 e. The minimum absolute atomic E-state index is 0.462. The van der Waals surface area contributed by atoms with Gasteiger partial charge >= 0.3 is 0 Å². The van der Waals surface area contributed by atoms with Crippen LogP contribution in [0, 0.1) is 0 Å².